The number of nitrogens with one attached hydrogen (secondary N) is 1. The molecule has 0 aromatic heterocycles. The quantitative estimate of drug-likeness (QED) is 0.837. The van der Waals surface area contributed by atoms with Crippen LogP contribution in [0.3, 0.4) is 0 Å². The number of likely N-dealkylation sites (tertiary alicyclic amines) is 1. The lowest BCUT2D eigenvalue weighted by Gasteiger charge is -2.33. The van der Waals surface area contributed by atoms with Gasteiger partial charge in [0.2, 0.25) is 0 Å². The average Bonchev–Trinajstić information content (AvgIpc) is 2.92. The third-order valence-electron chi connectivity index (χ3n) is 5.17. The van der Waals surface area contributed by atoms with Gasteiger partial charge in [0.15, 0.2) is 0 Å². The molecule has 120 valence electrons. The normalized spacial score (nSPS) is 25.1. The van der Waals surface area contributed by atoms with E-state index < -0.39 is 6.09 Å². The fourth-order valence-electron chi connectivity index (χ4n) is 4.02. The van der Waals surface area contributed by atoms with E-state index in [-0.39, 0.29) is 11.5 Å². The highest BCUT2D eigenvalue weighted by molar-refractivity contribution is 5.66. The number of hydrogen-bond donors (Lipinski definition) is 2. The van der Waals surface area contributed by atoms with Crippen LogP contribution in [0, 0.1) is 5.41 Å². The van der Waals surface area contributed by atoms with Crippen LogP contribution in [0.2, 0.25) is 0 Å². The van der Waals surface area contributed by atoms with Gasteiger partial charge >= 0.3 is 6.09 Å². The van der Waals surface area contributed by atoms with Crippen molar-refractivity contribution >= 4 is 6.09 Å². The van der Waals surface area contributed by atoms with Gasteiger partial charge in [-0.1, -0.05) is 39.0 Å². The third-order valence-corrected chi connectivity index (χ3v) is 5.17. The molecule has 3 rings (SSSR count). The molecule has 4 nitrogen and oxygen atoms in total. The number of carbonyl (C=O) groups is 1. The Morgan fingerprint density at radius 2 is 2.14 bits per heavy atom. The minimum atomic E-state index is -0.787. The maximum absolute atomic E-state index is 11.6. The van der Waals surface area contributed by atoms with Gasteiger partial charge < -0.3 is 15.3 Å². The second-order valence-corrected chi connectivity index (χ2v) is 7.66. The van der Waals surface area contributed by atoms with E-state index in [0.29, 0.717) is 12.5 Å². The van der Waals surface area contributed by atoms with E-state index in [4.69, 9.17) is 0 Å². The number of fused-ring (bicyclic) bond motifs is 1. The summed E-state index contributed by atoms with van der Waals surface area (Å²) in [5, 5.41) is 13.0. The van der Waals surface area contributed by atoms with Crippen LogP contribution >= 0.6 is 0 Å². The van der Waals surface area contributed by atoms with Crippen LogP contribution in [0.5, 0.6) is 0 Å². The van der Waals surface area contributed by atoms with Crippen molar-refractivity contribution in [1.82, 2.24) is 10.2 Å². The predicted molar refractivity (Wildman–Crippen MR) is 87.2 cm³/mol. The first kappa shape index (κ1) is 15.3. The van der Waals surface area contributed by atoms with Crippen LogP contribution in [0.15, 0.2) is 18.2 Å². The highest BCUT2D eigenvalue weighted by Gasteiger charge is 2.42. The molecule has 0 aliphatic carbocycles. The lowest BCUT2D eigenvalue weighted by atomic mass is 9.81. The van der Waals surface area contributed by atoms with Crippen LogP contribution < -0.4 is 5.32 Å². The summed E-state index contributed by atoms with van der Waals surface area (Å²) in [6.07, 6.45) is 1.21. The molecule has 1 saturated heterocycles. The largest absolute Gasteiger partial charge is 0.465 e. The van der Waals surface area contributed by atoms with Gasteiger partial charge in [0.25, 0.3) is 0 Å². The Morgan fingerprint density at radius 3 is 2.77 bits per heavy atom. The highest BCUT2D eigenvalue weighted by Crippen LogP contribution is 2.41. The Bertz CT molecular complexity index is 577. The number of amides is 1. The zero-order chi connectivity index (χ0) is 15.9. The Hall–Kier alpha value is -1.55. The lowest BCUT2D eigenvalue weighted by molar-refractivity contribution is 0.106. The molecule has 2 unspecified atom stereocenters. The van der Waals surface area contributed by atoms with E-state index in [2.05, 4.69) is 44.3 Å². The van der Waals surface area contributed by atoms with Crippen LogP contribution in [0.1, 0.15) is 49.8 Å². The standard InChI is InChI=1S/C18H26N2O2/c1-18(2,3)16-9-13(11-20(16)17(21)22)14-6-4-5-12-7-8-19-10-15(12)14/h4-6,13,16,19H,7-11H2,1-3H3,(H,21,22). The van der Waals surface area contributed by atoms with Gasteiger partial charge in [0.05, 0.1) is 0 Å². The van der Waals surface area contributed by atoms with Crippen LogP contribution in [0.25, 0.3) is 0 Å². The van der Waals surface area contributed by atoms with E-state index >= 15 is 0 Å². The molecule has 0 saturated carbocycles. The summed E-state index contributed by atoms with van der Waals surface area (Å²) in [6, 6.07) is 6.63. The van der Waals surface area contributed by atoms with Crippen molar-refractivity contribution in [2.24, 2.45) is 5.41 Å². The monoisotopic (exact) mass is 302 g/mol. The molecule has 1 amide bonds. The van der Waals surface area contributed by atoms with Gasteiger partial charge in [-0.3, -0.25) is 0 Å². The van der Waals surface area contributed by atoms with Gasteiger partial charge in [-0.25, -0.2) is 4.79 Å². The van der Waals surface area contributed by atoms with Crippen LogP contribution in [-0.4, -0.2) is 35.2 Å². The van der Waals surface area contributed by atoms with E-state index in [9.17, 15) is 9.90 Å². The maximum atomic E-state index is 11.6. The first-order valence-electron chi connectivity index (χ1n) is 8.19. The maximum Gasteiger partial charge on any atom is 0.407 e. The summed E-state index contributed by atoms with van der Waals surface area (Å²) in [4.78, 5) is 13.3. The minimum absolute atomic E-state index is 0.0275. The number of benzene rings is 1. The van der Waals surface area contributed by atoms with Gasteiger partial charge in [0.1, 0.15) is 0 Å². The van der Waals surface area contributed by atoms with E-state index in [1.807, 2.05) is 0 Å². The second-order valence-electron chi connectivity index (χ2n) is 7.66. The molecule has 1 fully saturated rings. The van der Waals surface area contributed by atoms with Gasteiger partial charge in [-0.2, -0.15) is 0 Å². The molecule has 1 aromatic rings. The molecule has 0 spiro atoms. The molecular formula is C18H26N2O2. The number of carboxylic acid groups (broad SMARTS) is 1. The zero-order valence-corrected chi connectivity index (χ0v) is 13.7. The highest BCUT2D eigenvalue weighted by atomic mass is 16.4. The fraction of sp³-hybridized carbons (Fsp3) is 0.611. The Morgan fingerprint density at radius 1 is 1.36 bits per heavy atom. The van der Waals surface area contributed by atoms with Crippen molar-refractivity contribution < 1.29 is 9.90 Å². The molecule has 4 heteroatoms. The molecule has 1 aromatic carbocycles. The summed E-state index contributed by atoms with van der Waals surface area (Å²) in [5.74, 6) is 0.315. The van der Waals surface area contributed by atoms with Crippen LogP contribution in [-0.2, 0) is 13.0 Å². The fourth-order valence-corrected chi connectivity index (χ4v) is 4.02. The predicted octanol–water partition coefficient (Wildman–Crippen LogP) is 3.21. The molecule has 2 atom stereocenters. The Balaban J connectivity index is 1.92. The summed E-state index contributed by atoms with van der Waals surface area (Å²) < 4.78 is 0. The Kier molecular flexibility index (Phi) is 3.89. The first-order valence-corrected chi connectivity index (χ1v) is 8.19. The molecule has 22 heavy (non-hydrogen) atoms. The van der Waals surface area contributed by atoms with Crippen LogP contribution in [0.4, 0.5) is 4.79 Å². The molecule has 2 N–H and O–H groups in total. The van der Waals surface area contributed by atoms with Crippen molar-refractivity contribution in [2.75, 3.05) is 13.1 Å². The number of hydrogen-bond acceptors (Lipinski definition) is 2. The number of rotatable bonds is 1. The summed E-state index contributed by atoms with van der Waals surface area (Å²) in [5.41, 5.74) is 4.15. The number of nitrogens with zero attached hydrogens (tertiary/aromatic N) is 1. The summed E-state index contributed by atoms with van der Waals surface area (Å²) in [6.45, 7) is 8.98. The van der Waals surface area contributed by atoms with Gasteiger partial charge in [0, 0.05) is 25.0 Å². The zero-order valence-electron chi connectivity index (χ0n) is 13.7. The molecule has 2 heterocycles. The van der Waals surface area contributed by atoms with E-state index in [1.54, 1.807) is 4.90 Å². The van der Waals surface area contributed by atoms with Crippen molar-refractivity contribution in [3.63, 3.8) is 0 Å². The molecule has 2 aliphatic heterocycles. The SMILES string of the molecule is CC(C)(C)C1CC(c2cccc3c2CNCC3)CN1C(=O)O. The second kappa shape index (κ2) is 5.58. The van der Waals surface area contributed by atoms with Gasteiger partial charge in [-0.15, -0.1) is 0 Å². The molecule has 0 bridgehead atoms. The van der Waals surface area contributed by atoms with E-state index in [1.165, 1.54) is 16.7 Å². The topological polar surface area (TPSA) is 52.6 Å². The van der Waals surface area contributed by atoms with Crippen molar-refractivity contribution in [1.29, 1.82) is 0 Å². The minimum Gasteiger partial charge on any atom is -0.465 e. The first-order chi connectivity index (χ1) is 10.4. The molecule has 2 aliphatic rings. The van der Waals surface area contributed by atoms with Gasteiger partial charge in [-0.05, 0) is 41.5 Å². The average molecular weight is 302 g/mol. The summed E-state index contributed by atoms with van der Waals surface area (Å²) >= 11 is 0. The van der Waals surface area contributed by atoms with Crippen molar-refractivity contribution in [3.05, 3.63) is 34.9 Å². The summed E-state index contributed by atoms with van der Waals surface area (Å²) in [7, 11) is 0. The van der Waals surface area contributed by atoms with Crippen molar-refractivity contribution in [3.8, 4) is 0 Å². The third kappa shape index (κ3) is 2.72. The molecule has 0 radical (unpaired) electrons. The van der Waals surface area contributed by atoms with E-state index in [0.717, 1.165) is 25.9 Å². The smallest absolute Gasteiger partial charge is 0.407 e. The lowest BCUT2D eigenvalue weighted by Crippen LogP contribution is -2.42. The Labute approximate surface area is 132 Å². The van der Waals surface area contributed by atoms with Crippen molar-refractivity contribution in [2.45, 2.75) is 52.1 Å². The molecular weight excluding hydrogens is 276 g/mol.